The molecule has 2 heterocycles. The van der Waals surface area contributed by atoms with Crippen molar-refractivity contribution in [1.82, 2.24) is 0 Å². The van der Waals surface area contributed by atoms with Gasteiger partial charge in [0.05, 0.1) is 33.4 Å². The van der Waals surface area contributed by atoms with Crippen molar-refractivity contribution in [3.8, 4) is 0 Å². The maximum absolute atomic E-state index is 13.2. The molecule has 2 aromatic carbocycles. The number of hydrogen-bond acceptors (Lipinski definition) is 4. The van der Waals surface area contributed by atoms with Crippen LogP contribution in [0, 0.1) is 5.92 Å². The number of para-hydroxylation sites is 2. The molecule has 0 N–H and O–H groups in total. The molecule has 0 radical (unpaired) electrons. The predicted octanol–water partition coefficient (Wildman–Crippen LogP) is 4.47. The van der Waals surface area contributed by atoms with E-state index in [1.54, 1.807) is 23.3 Å². The zero-order valence-electron chi connectivity index (χ0n) is 14.6. The summed E-state index contributed by atoms with van der Waals surface area (Å²) in [5.74, 6) is -1.35. The van der Waals surface area contributed by atoms with Crippen LogP contribution in [0.3, 0.4) is 0 Å². The number of imide groups is 1. The van der Waals surface area contributed by atoms with Crippen LogP contribution >= 0.6 is 23.2 Å². The van der Waals surface area contributed by atoms with Gasteiger partial charge in [0.25, 0.3) is 5.91 Å². The minimum absolute atomic E-state index is 0.231. The normalized spacial score (nSPS) is 24.6. The molecule has 7 heteroatoms. The second-order valence-electron chi connectivity index (χ2n) is 6.65. The smallest absolute Gasteiger partial charge is 0.266 e. The van der Waals surface area contributed by atoms with Crippen molar-refractivity contribution in [3.05, 3.63) is 58.6 Å². The van der Waals surface area contributed by atoms with E-state index in [1.165, 1.54) is 0 Å². The third kappa shape index (κ3) is 2.90. The molecule has 0 saturated carbocycles. The van der Waals surface area contributed by atoms with Crippen LogP contribution in [0.5, 0.6) is 0 Å². The monoisotopic (exact) mass is 404 g/mol. The van der Waals surface area contributed by atoms with Crippen LogP contribution in [0.2, 0.25) is 10.0 Å². The summed E-state index contributed by atoms with van der Waals surface area (Å²) in [5.41, 5.74) is 1.06. The van der Waals surface area contributed by atoms with Gasteiger partial charge < -0.3 is 0 Å². The Kier molecular flexibility index (Phi) is 4.84. The van der Waals surface area contributed by atoms with E-state index in [0.717, 1.165) is 23.4 Å². The van der Waals surface area contributed by atoms with Crippen LogP contribution in [-0.4, -0.2) is 24.0 Å². The first-order valence-corrected chi connectivity index (χ1v) is 9.63. The number of hydrogen-bond donors (Lipinski definition) is 0. The Balaban J connectivity index is 1.72. The zero-order chi connectivity index (χ0) is 19.1. The van der Waals surface area contributed by atoms with Gasteiger partial charge in [0, 0.05) is 0 Å². The first-order valence-electron chi connectivity index (χ1n) is 8.87. The molecule has 4 rings (SSSR count). The van der Waals surface area contributed by atoms with Crippen LogP contribution in [0.4, 0.5) is 11.4 Å². The molecule has 27 heavy (non-hydrogen) atoms. The number of nitrogens with zero attached hydrogens (tertiary/aromatic N) is 2. The van der Waals surface area contributed by atoms with Crippen molar-refractivity contribution in [3.63, 3.8) is 0 Å². The molecule has 2 fully saturated rings. The Labute approximate surface area is 167 Å². The number of rotatable bonds is 4. The summed E-state index contributed by atoms with van der Waals surface area (Å²) in [7, 11) is 0. The van der Waals surface area contributed by atoms with Gasteiger partial charge in [-0.05, 0) is 30.7 Å². The highest BCUT2D eigenvalue weighted by atomic mass is 35.5. The van der Waals surface area contributed by atoms with Gasteiger partial charge in [-0.2, -0.15) is 0 Å². The van der Waals surface area contributed by atoms with E-state index in [9.17, 15) is 9.59 Å². The number of carbonyl (C=O) groups is 2. The van der Waals surface area contributed by atoms with E-state index in [0.29, 0.717) is 0 Å². The SMILES string of the molecule is CCC[C@H]1[C@H]2C(=O)N(c3c(Cl)cccc3Cl)C(=O)[C@@H]2ON1c1ccccc1. The van der Waals surface area contributed by atoms with Crippen LogP contribution in [0.1, 0.15) is 19.8 Å². The number of carbonyl (C=O) groups excluding carboxylic acids is 2. The number of benzene rings is 2. The maximum atomic E-state index is 13.2. The number of anilines is 2. The number of hydroxylamine groups is 1. The van der Waals surface area contributed by atoms with Crippen LogP contribution in [-0.2, 0) is 14.4 Å². The molecule has 2 aromatic rings. The Hall–Kier alpha value is -2.08. The molecule has 0 unspecified atom stereocenters. The summed E-state index contributed by atoms with van der Waals surface area (Å²) in [5, 5.41) is 2.23. The standard InChI is InChI=1S/C20H18Cl2N2O3/c1-2-7-15-16-18(27-24(15)12-8-4-3-5-9-12)20(26)23(19(16)25)17-13(21)10-6-11-14(17)22/h3-6,8-11,15-16,18H,2,7H2,1H3/t15-,16+,18+/m0/s1. The molecule has 2 amide bonds. The van der Waals surface area contributed by atoms with Crippen molar-refractivity contribution in [2.75, 3.05) is 9.96 Å². The lowest BCUT2D eigenvalue weighted by molar-refractivity contribution is -0.126. The molecule has 2 aliphatic rings. The molecular weight excluding hydrogens is 387 g/mol. The van der Waals surface area contributed by atoms with Gasteiger partial charge in [-0.15, -0.1) is 0 Å². The Morgan fingerprint density at radius 2 is 1.63 bits per heavy atom. The highest BCUT2D eigenvalue weighted by molar-refractivity contribution is 6.42. The van der Waals surface area contributed by atoms with Crippen LogP contribution in [0.15, 0.2) is 48.5 Å². The molecule has 2 aliphatic heterocycles. The Morgan fingerprint density at radius 3 is 2.26 bits per heavy atom. The lowest BCUT2D eigenvalue weighted by Crippen LogP contribution is -2.40. The fraction of sp³-hybridized carbons (Fsp3) is 0.300. The highest BCUT2D eigenvalue weighted by Crippen LogP contribution is 2.44. The minimum Gasteiger partial charge on any atom is -0.273 e. The van der Waals surface area contributed by atoms with Crippen molar-refractivity contribution >= 4 is 46.4 Å². The summed E-state index contributed by atoms with van der Waals surface area (Å²) in [6, 6.07) is 14.2. The van der Waals surface area contributed by atoms with Gasteiger partial charge in [0.1, 0.15) is 0 Å². The van der Waals surface area contributed by atoms with Crippen molar-refractivity contribution in [2.24, 2.45) is 5.92 Å². The van der Waals surface area contributed by atoms with E-state index >= 15 is 0 Å². The van der Waals surface area contributed by atoms with E-state index in [-0.39, 0.29) is 27.7 Å². The molecule has 5 nitrogen and oxygen atoms in total. The van der Waals surface area contributed by atoms with Gasteiger partial charge >= 0.3 is 0 Å². The van der Waals surface area contributed by atoms with E-state index in [2.05, 4.69) is 0 Å². The average Bonchev–Trinajstić information content (AvgIpc) is 3.14. The molecule has 140 valence electrons. The van der Waals surface area contributed by atoms with Crippen molar-refractivity contribution in [1.29, 1.82) is 0 Å². The van der Waals surface area contributed by atoms with Gasteiger partial charge in [-0.3, -0.25) is 14.4 Å². The van der Waals surface area contributed by atoms with Gasteiger partial charge in [0.2, 0.25) is 5.91 Å². The fourth-order valence-electron chi connectivity index (χ4n) is 3.83. The zero-order valence-corrected chi connectivity index (χ0v) is 16.2. The van der Waals surface area contributed by atoms with E-state index in [1.807, 2.05) is 37.3 Å². The maximum Gasteiger partial charge on any atom is 0.266 e. The number of fused-ring (bicyclic) bond motifs is 1. The minimum atomic E-state index is -0.874. The molecule has 3 atom stereocenters. The van der Waals surface area contributed by atoms with E-state index < -0.39 is 17.9 Å². The summed E-state index contributed by atoms with van der Waals surface area (Å²) >= 11 is 12.5. The lowest BCUT2D eigenvalue weighted by Gasteiger charge is -2.28. The summed E-state index contributed by atoms with van der Waals surface area (Å²) in [6.45, 7) is 2.04. The predicted molar refractivity (Wildman–Crippen MR) is 105 cm³/mol. The first-order chi connectivity index (χ1) is 13.0. The Bertz CT molecular complexity index is 870. The summed E-state index contributed by atoms with van der Waals surface area (Å²) in [6.07, 6.45) is 0.704. The molecule has 0 aromatic heterocycles. The molecule has 0 spiro atoms. The third-order valence-electron chi connectivity index (χ3n) is 4.99. The molecule has 2 saturated heterocycles. The molecular formula is C20H18Cl2N2O3. The quantitative estimate of drug-likeness (QED) is 0.705. The van der Waals surface area contributed by atoms with E-state index in [4.69, 9.17) is 28.0 Å². The largest absolute Gasteiger partial charge is 0.273 e. The Morgan fingerprint density at radius 1 is 0.963 bits per heavy atom. The van der Waals surface area contributed by atoms with Gasteiger partial charge in [-0.1, -0.05) is 60.8 Å². The highest BCUT2D eigenvalue weighted by Gasteiger charge is 2.59. The molecule has 0 bridgehead atoms. The second kappa shape index (κ2) is 7.15. The lowest BCUT2D eigenvalue weighted by atomic mass is 9.93. The van der Waals surface area contributed by atoms with Crippen LogP contribution < -0.4 is 9.96 Å². The number of amides is 2. The van der Waals surface area contributed by atoms with Gasteiger partial charge in [-0.25, -0.2) is 9.96 Å². The third-order valence-corrected chi connectivity index (χ3v) is 5.60. The number of halogens is 2. The summed E-state index contributed by atoms with van der Waals surface area (Å²) < 4.78 is 0. The molecule has 0 aliphatic carbocycles. The van der Waals surface area contributed by atoms with Crippen molar-refractivity contribution < 1.29 is 14.4 Å². The fourth-order valence-corrected chi connectivity index (χ4v) is 4.40. The summed E-state index contributed by atoms with van der Waals surface area (Å²) in [4.78, 5) is 33.4. The first kappa shape index (κ1) is 18.3. The topological polar surface area (TPSA) is 49.9 Å². The van der Waals surface area contributed by atoms with Crippen LogP contribution in [0.25, 0.3) is 0 Å². The average molecular weight is 405 g/mol. The van der Waals surface area contributed by atoms with Gasteiger partial charge in [0.15, 0.2) is 6.10 Å². The van der Waals surface area contributed by atoms with Crippen molar-refractivity contribution in [2.45, 2.75) is 31.9 Å². The second-order valence-corrected chi connectivity index (χ2v) is 7.47.